The molecule has 2 unspecified atom stereocenters. The summed E-state index contributed by atoms with van der Waals surface area (Å²) in [7, 11) is 0. The van der Waals surface area contributed by atoms with Gasteiger partial charge in [0, 0.05) is 32.2 Å². The Kier molecular flexibility index (Phi) is 5.80. The van der Waals surface area contributed by atoms with Crippen molar-refractivity contribution in [2.45, 2.75) is 52.4 Å². The molecular weight excluding hydrogens is 300 g/mol. The van der Waals surface area contributed by atoms with E-state index in [1.165, 1.54) is 0 Å². The first-order valence-electron chi connectivity index (χ1n) is 8.36. The third-order valence-electron chi connectivity index (χ3n) is 4.35. The molecule has 0 aliphatic carbocycles. The maximum Gasteiger partial charge on any atom is 0.276 e. The topological polar surface area (TPSA) is 80.4 Å². The summed E-state index contributed by atoms with van der Waals surface area (Å²) in [4.78, 5) is 14.9. The summed E-state index contributed by atoms with van der Waals surface area (Å²) in [5, 5.41) is 14.0. The fourth-order valence-corrected chi connectivity index (χ4v) is 3.46. The molecule has 0 radical (unpaired) electrons. The largest absolute Gasteiger partial charge is 0.375 e. The van der Waals surface area contributed by atoms with Gasteiger partial charge in [0.15, 0.2) is 5.03 Å². The minimum Gasteiger partial charge on any atom is -0.375 e. The maximum atomic E-state index is 11.0. The summed E-state index contributed by atoms with van der Waals surface area (Å²) >= 11 is 0. The minimum absolute atomic E-state index is 0.109. The normalized spacial score (nSPS) is 27.0. The van der Waals surface area contributed by atoms with Crippen LogP contribution in [-0.2, 0) is 9.47 Å². The highest BCUT2D eigenvalue weighted by Gasteiger charge is 2.38. The van der Waals surface area contributed by atoms with Crippen LogP contribution in [0.3, 0.4) is 0 Å². The quantitative estimate of drug-likeness (QED) is 0.523. The summed E-state index contributed by atoms with van der Waals surface area (Å²) in [6.45, 7) is 11.5. The first-order chi connectivity index (χ1) is 10.9. The van der Waals surface area contributed by atoms with Gasteiger partial charge in [-0.2, -0.15) is 0 Å². The van der Waals surface area contributed by atoms with Crippen LogP contribution in [0.1, 0.15) is 40.5 Å². The van der Waals surface area contributed by atoms with Gasteiger partial charge in [-0.15, -0.1) is 0 Å². The number of hydrogen-bond donors (Lipinski definition) is 0. The molecule has 2 aliphatic rings. The molecular formula is C15H28N4O4. The van der Waals surface area contributed by atoms with Crippen LogP contribution in [0.15, 0.2) is 5.10 Å². The van der Waals surface area contributed by atoms with Crippen molar-refractivity contribution >= 4 is 5.96 Å². The number of rotatable bonds is 7. The van der Waals surface area contributed by atoms with Gasteiger partial charge < -0.3 is 19.3 Å². The van der Waals surface area contributed by atoms with Crippen LogP contribution < -0.4 is 0 Å². The number of ether oxygens (including phenoxy) is 2. The molecule has 8 nitrogen and oxygen atoms in total. The Labute approximate surface area is 137 Å². The van der Waals surface area contributed by atoms with Gasteiger partial charge in [-0.1, -0.05) is 6.92 Å². The van der Waals surface area contributed by atoms with Crippen LogP contribution in [0.4, 0.5) is 0 Å². The highest BCUT2D eigenvalue weighted by Crippen LogP contribution is 2.30. The van der Waals surface area contributed by atoms with Crippen LogP contribution >= 0.6 is 0 Å². The summed E-state index contributed by atoms with van der Waals surface area (Å²) in [6, 6.07) is 0. The van der Waals surface area contributed by atoms with Gasteiger partial charge >= 0.3 is 0 Å². The first-order valence-corrected chi connectivity index (χ1v) is 8.36. The lowest BCUT2D eigenvalue weighted by molar-refractivity contribution is -0.486. The van der Waals surface area contributed by atoms with E-state index in [-0.39, 0.29) is 11.8 Å². The molecule has 2 fully saturated rings. The van der Waals surface area contributed by atoms with Gasteiger partial charge in [-0.3, -0.25) is 0 Å². The van der Waals surface area contributed by atoms with Crippen molar-refractivity contribution in [1.29, 1.82) is 0 Å². The van der Waals surface area contributed by atoms with Crippen LogP contribution in [0.25, 0.3) is 0 Å². The SMILES string of the molecule is CCOC(CC)N1CCN(CC2COC(C)(C)C2)C1=N[N+](=O)[O-]. The van der Waals surface area contributed by atoms with E-state index in [2.05, 4.69) is 18.9 Å². The fraction of sp³-hybridized carbons (Fsp3) is 0.933. The van der Waals surface area contributed by atoms with E-state index in [1.54, 1.807) is 0 Å². The number of nitrogens with zero attached hydrogens (tertiary/aromatic N) is 4. The Morgan fingerprint density at radius 2 is 2.22 bits per heavy atom. The molecule has 23 heavy (non-hydrogen) atoms. The zero-order chi connectivity index (χ0) is 17.0. The van der Waals surface area contributed by atoms with Gasteiger partial charge in [-0.25, -0.2) is 10.1 Å². The fourth-order valence-electron chi connectivity index (χ4n) is 3.46. The van der Waals surface area contributed by atoms with Gasteiger partial charge in [0.05, 0.1) is 12.2 Å². The Hall–Kier alpha value is -1.41. The zero-order valence-electron chi connectivity index (χ0n) is 14.5. The molecule has 8 heteroatoms. The molecule has 0 N–H and O–H groups in total. The van der Waals surface area contributed by atoms with Crippen molar-refractivity contribution in [3.63, 3.8) is 0 Å². The van der Waals surface area contributed by atoms with E-state index in [9.17, 15) is 10.1 Å². The molecule has 2 aliphatic heterocycles. The summed E-state index contributed by atoms with van der Waals surface area (Å²) in [5.41, 5.74) is -0.109. The van der Waals surface area contributed by atoms with E-state index in [4.69, 9.17) is 9.47 Å². The van der Waals surface area contributed by atoms with Crippen molar-refractivity contribution in [3.05, 3.63) is 10.1 Å². The second kappa shape index (κ2) is 7.44. The molecule has 0 bridgehead atoms. The third-order valence-corrected chi connectivity index (χ3v) is 4.35. The highest BCUT2D eigenvalue weighted by atomic mass is 16.7. The van der Waals surface area contributed by atoms with Crippen molar-refractivity contribution in [2.24, 2.45) is 11.0 Å². The lowest BCUT2D eigenvalue weighted by Crippen LogP contribution is -2.43. The summed E-state index contributed by atoms with van der Waals surface area (Å²) in [5.74, 6) is 0.786. The van der Waals surface area contributed by atoms with Crippen molar-refractivity contribution in [2.75, 3.05) is 32.8 Å². The number of guanidine groups is 1. The average Bonchev–Trinajstić information content (AvgIpc) is 3.00. The lowest BCUT2D eigenvalue weighted by Gasteiger charge is -2.28. The Morgan fingerprint density at radius 1 is 1.48 bits per heavy atom. The Balaban J connectivity index is 2.09. The van der Waals surface area contributed by atoms with E-state index >= 15 is 0 Å². The van der Waals surface area contributed by atoms with Crippen molar-refractivity contribution in [3.8, 4) is 0 Å². The molecule has 2 atom stereocenters. The molecule has 0 aromatic rings. The molecule has 132 valence electrons. The average molecular weight is 328 g/mol. The van der Waals surface area contributed by atoms with E-state index in [0.29, 0.717) is 31.6 Å². The first kappa shape index (κ1) is 17.9. The van der Waals surface area contributed by atoms with E-state index in [0.717, 1.165) is 25.9 Å². The van der Waals surface area contributed by atoms with Crippen LogP contribution in [-0.4, -0.2) is 65.5 Å². The van der Waals surface area contributed by atoms with Gasteiger partial charge in [0.25, 0.3) is 5.96 Å². The third kappa shape index (κ3) is 4.54. The molecule has 2 saturated heterocycles. The maximum absolute atomic E-state index is 11.0. The van der Waals surface area contributed by atoms with Gasteiger partial charge in [0.1, 0.15) is 11.3 Å². The van der Waals surface area contributed by atoms with Gasteiger partial charge in [0.2, 0.25) is 0 Å². The lowest BCUT2D eigenvalue weighted by atomic mass is 9.97. The highest BCUT2D eigenvalue weighted by molar-refractivity contribution is 5.81. The molecule has 2 rings (SSSR count). The van der Waals surface area contributed by atoms with Gasteiger partial charge in [-0.05, 0) is 33.6 Å². The second-order valence-electron chi connectivity index (χ2n) is 6.74. The predicted octanol–water partition coefficient (Wildman–Crippen LogP) is 1.74. The molecule has 0 aromatic heterocycles. The summed E-state index contributed by atoms with van der Waals surface area (Å²) < 4.78 is 11.5. The Morgan fingerprint density at radius 3 is 2.74 bits per heavy atom. The zero-order valence-corrected chi connectivity index (χ0v) is 14.5. The molecule has 2 heterocycles. The minimum atomic E-state index is -0.617. The number of hydrogen-bond acceptors (Lipinski definition) is 4. The van der Waals surface area contributed by atoms with Crippen LogP contribution in [0, 0.1) is 16.0 Å². The number of hydrazone groups is 1. The smallest absolute Gasteiger partial charge is 0.276 e. The molecule has 0 saturated carbocycles. The number of nitro groups is 1. The van der Waals surface area contributed by atoms with E-state index < -0.39 is 5.03 Å². The Bertz CT molecular complexity index is 455. The standard InChI is InChI=1S/C15H28N4O4/c1-5-13(22-6-2)18-8-7-17(14(18)16-19(20)21)10-12-9-15(3,4)23-11-12/h12-13H,5-11H2,1-4H3. The van der Waals surface area contributed by atoms with E-state index in [1.807, 2.05) is 23.6 Å². The molecule has 0 spiro atoms. The molecule has 0 amide bonds. The second-order valence-corrected chi connectivity index (χ2v) is 6.74. The molecule has 0 aromatic carbocycles. The van der Waals surface area contributed by atoms with Crippen LogP contribution in [0.2, 0.25) is 0 Å². The predicted molar refractivity (Wildman–Crippen MR) is 86.6 cm³/mol. The van der Waals surface area contributed by atoms with Crippen LogP contribution in [0.5, 0.6) is 0 Å². The van der Waals surface area contributed by atoms with Crippen molar-refractivity contribution in [1.82, 2.24) is 9.80 Å². The van der Waals surface area contributed by atoms with Crippen molar-refractivity contribution < 1.29 is 14.5 Å². The monoisotopic (exact) mass is 328 g/mol. The summed E-state index contributed by atoms with van der Waals surface area (Å²) in [6.07, 6.45) is 1.55.